The van der Waals surface area contributed by atoms with Crippen molar-refractivity contribution in [1.82, 2.24) is 4.90 Å². The molecule has 7 heteroatoms. The van der Waals surface area contributed by atoms with Gasteiger partial charge in [-0.25, -0.2) is 0 Å². The van der Waals surface area contributed by atoms with Gasteiger partial charge in [0.15, 0.2) is 11.5 Å². The van der Waals surface area contributed by atoms with Gasteiger partial charge in [0.2, 0.25) is 0 Å². The maximum atomic E-state index is 13.1. The highest BCUT2D eigenvalue weighted by atomic mass is 79.9. The number of fused-ring (bicyclic) bond motifs is 1. The molecular weight excluding hydrogens is 538 g/mol. The minimum absolute atomic E-state index is 0.228. The lowest BCUT2D eigenvalue weighted by atomic mass is 10.1. The lowest BCUT2D eigenvalue weighted by Crippen LogP contribution is -2.27. The van der Waals surface area contributed by atoms with Crippen LogP contribution in [-0.4, -0.2) is 23.2 Å². The van der Waals surface area contributed by atoms with Crippen LogP contribution in [0.15, 0.2) is 94.3 Å². The molecule has 0 aromatic heterocycles. The van der Waals surface area contributed by atoms with E-state index in [-0.39, 0.29) is 17.7 Å². The molecule has 0 aliphatic carbocycles. The molecular formula is C29H22BrNO4S. The van der Waals surface area contributed by atoms with Crippen LogP contribution in [-0.2, 0) is 17.9 Å². The Kier molecular flexibility index (Phi) is 7.11. The van der Waals surface area contributed by atoms with Gasteiger partial charge in [0.25, 0.3) is 11.1 Å². The van der Waals surface area contributed by atoms with Crippen molar-refractivity contribution in [3.63, 3.8) is 0 Å². The number of hydrogen-bond acceptors (Lipinski definition) is 5. The van der Waals surface area contributed by atoms with Gasteiger partial charge in [-0.1, -0.05) is 66.7 Å². The molecule has 1 aliphatic rings. The third-order valence-electron chi connectivity index (χ3n) is 5.80. The average molecular weight is 560 g/mol. The molecule has 0 atom stereocenters. The lowest BCUT2D eigenvalue weighted by molar-refractivity contribution is -0.123. The molecule has 0 unspecified atom stereocenters. The van der Waals surface area contributed by atoms with Crippen molar-refractivity contribution < 1.29 is 19.1 Å². The normalized spacial score (nSPS) is 14.6. The maximum Gasteiger partial charge on any atom is 0.293 e. The van der Waals surface area contributed by atoms with Crippen LogP contribution in [0.1, 0.15) is 16.7 Å². The van der Waals surface area contributed by atoms with E-state index in [9.17, 15) is 9.59 Å². The number of thioether (sulfide) groups is 1. The van der Waals surface area contributed by atoms with Crippen LogP contribution in [0.5, 0.6) is 11.5 Å². The number of nitrogens with zero attached hydrogens (tertiary/aromatic N) is 1. The fourth-order valence-corrected chi connectivity index (χ4v) is 5.41. The van der Waals surface area contributed by atoms with Crippen LogP contribution in [0.2, 0.25) is 0 Å². The molecule has 1 heterocycles. The van der Waals surface area contributed by atoms with E-state index in [1.54, 1.807) is 19.3 Å². The second-order valence-electron chi connectivity index (χ2n) is 8.26. The molecule has 4 aromatic rings. The Bertz CT molecular complexity index is 1490. The summed E-state index contributed by atoms with van der Waals surface area (Å²) in [4.78, 5) is 27.4. The topological polar surface area (TPSA) is 55.8 Å². The number of amides is 2. The van der Waals surface area contributed by atoms with E-state index in [1.165, 1.54) is 4.90 Å². The van der Waals surface area contributed by atoms with E-state index >= 15 is 0 Å². The van der Waals surface area contributed by atoms with Crippen molar-refractivity contribution in [1.29, 1.82) is 0 Å². The van der Waals surface area contributed by atoms with Gasteiger partial charge in [0, 0.05) is 0 Å². The summed E-state index contributed by atoms with van der Waals surface area (Å²) in [5, 5.41) is 1.91. The first-order valence-corrected chi connectivity index (χ1v) is 12.9. The highest BCUT2D eigenvalue weighted by molar-refractivity contribution is 9.10. The highest BCUT2D eigenvalue weighted by Gasteiger charge is 2.35. The lowest BCUT2D eigenvalue weighted by Gasteiger charge is -2.14. The molecule has 0 saturated carbocycles. The molecule has 2 amide bonds. The first-order valence-electron chi connectivity index (χ1n) is 11.3. The molecule has 0 N–H and O–H groups in total. The number of benzene rings is 4. The highest BCUT2D eigenvalue weighted by Crippen LogP contribution is 2.39. The van der Waals surface area contributed by atoms with Crippen LogP contribution >= 0.6 is 27.7 Å². The Hall–Kier alpha value is -3.55. The zero-order valence-electron chi connectivity index (χ0n) is 19.4. The fraction of sp³-hybridized carbons (Fsp3) is 0.103. The van der Waals surface area contributed by atoms with Crippen LogP contribution in [0.3, 0.4) is 0 Å². The van der Waals surface area contributed by atoms with Crippen molar-refractivity contribution >= 4 is 55.7 Å². The number of ether oxygens (including phenoxy) is 2. The molecule has 1 aliphatic heterocycles. The standard InChI is InChI=1S/C29H22BrNO4S/c1-34-25-15-21(14-24(30)27(25)35-18-19-7-3-2-4-8-19)16-26-28(32)31(29(33)36-26)17-20-11-12-22-9-5-6-10-23(22)13-20/h2-16H,17-18H2,1H3/b26-16-. The van der Waals surface area contributed by atoms with E-state index in [1.807, 2.05) is 78.9 Å². The Morgan fingerprint density at radius 3 is 2.42 bits per heavy atom. The number of carbonyl (C=O) groups is 2. The minimum atomic E-state index is -0.308. The third-order valence-corrected chi connectivity index (χ3v) is 7.30. The van der Waals surface area contributed by atoms with E-state index < -0.39 is 0 Å². The van der Waals surface area contributed by atoms with Gasteiger partial charge >= 0.3 is 0 Å². The van der Waals surface area contributed by atoms with Crippen molar-refractivity contribution in [2.45, 2.75) is 13.2 Å². The monoisotopic (exact) mass is 559 g/mol. The second-order valence-corrected chi connectivity index (χ2v) is 10.1. The Morgan fingerprint density at radius 1 is 0.889 bits per heavy atom. The van der Waals surface area contributed by atoms with Crippen molar-refractivity contribution in [2.24, 2.45) is 0 Å². The summed E-state index contributed by atoms with van der Waals surface area (Å²) in [5.41, 5.74) is 2.67. The van der Waals surface area contributed by atoms with Gasteiger partial charge in [-0.05, 0) is 79.4 Å². The van der Waals surface area contributed by atoms with Crippen LogP contribution < -0.4 is 9.47 Å². The quantitative estimate of drug-likeness (QED) is 0.220. The molecule has 36 heavy (non-hydrogen) atoms. The van der Waals surface area contributed by atoms with E-state index in [0.717, 1.165) is 39.2 Å². The SMILES string of the molecule is COc1cc(/C=C2\SC(=O)N(Cc3ccc4ccccc4c3)C2=O)cc(Br)c1OCc1ccccc1. The third kappa shape index (κ3) is 5.17. The second kappa shape index (κ2) is 10.6. The summed E-state index contributed by atoms with van der Waals surface area (Å²) in [6.45, 7) is 0.620. The molecule has 0 bridgehead atoms. The molecule has 5 nitrogen and oxygen atoms in total. The summed E-state index contributed by atoms with van der Waals surface area (Å²) in [7, 11) is 1.57. The number of carbonyl (C=O) groups excluding carboxylic acids is 2. The Balaban J connectivity index is 1.35. The zero-order valence-corrected chi connectivity index (χ0v) is 21.8. The molecule has 180 valence electrons. The average Bonchev–Trinajstić information content (AvgIpc) is 3.15. The summed E-state index contributed by atoms with van der Waals surface area (Å²) < 4.78 is 12.2. The maximum absolute atomic E-state index is 13.1. The summed E-state index contributed by atoms with van der Waals surface area (Å²) in [5.74, 6) is 0.794. The molecule has 5 rings (SSSR count). The predicted octanol–water partition coefficient (Wildman–Crippen LogP) is 7.43. The van der Waals surface area contributed by atoms with Gasteiger partial charge in [-0.2, -0.15) is 0 Å². The fourth-order valence-electron chi connectivity index (χ4n) is 4.00. The van der Waals surface area contributed by atoms with Crippen LogP contribution in [0, 0.1) is 0 Å². The molecule has 0 radical (unpaired) electrons. The summed E-state index contributed by atoms with van der Waals surface area (Å²) in [6, 6.07) is 27.5. The van der Waals surface area contributed by atoms with Gasteiger partial charge in [0.05, 0.1) is 23.0 Å². The largest absolute Gasteiger partial charge is 0.493 e. The van der Waals surface area contributed by atoms with Gasteiger partial charge in [-0.15, -0.1) is 0 Å². The molecule has 1 fully saturated rings. The number of methoxy groups -OCH3 is 1. The Labute approximate surface area is 221 Å². The summed E-state index contributed by atoms with van der Waals surface area (Å²) >= 11 is 4.50. The van der Waals surface area contributed by atoms with Crippen molar-refractivity contribution in [3.8, 4) is 11.5 Å². The van der Waals surface area contributed by atoms with Gasteiger partial charge in [-0.3, -0.25) is 14.5 Å². The molecule has 1 saturated heterocycles. The minimum Gasteiger partial charge on any atom is -0.493 e. The van der Waals surface area contributed by atoms with Crippen LogP contribution in [0.25, 0.3) is 16.8 Å². The Morgan fingerprint density at radius 2 is 1.64 bits per heavy atom. The van der Waals surface area contributed by atoms with E-state index in [4.69, 9.17) is 9.47 Å². The van der Waals surface area contributed by atoms with E-state index in [2.05, 4.69) is 15.9 Å². The van der Waals surface area contributed by atoms with Crippen molar-refractivity contribution in [3.05, 3.63) is 111 Å². The molecule has 0 spiro atoms. The van der Waals surface area contributed by atoms with Crippen LogP contribution in [0.4, 0.5) is 4.79 Å². The number of rotatable bonds is 7. The predicted molar refractivity (Wildman–Crippen MR) is 147 cm³/mol. The first kappa shape index (κ1) is 24.2. The van der Waals surface area contributed by atoms with Gasteiger partial charge < -0.3 is 9.47 Å². The van der Waals surface area contributed by atoms with E-state index in [0.29, 0.717) is 27.5 Å². The number of halogens is 1. The molecule has 4 aromatic carbocycles. The van der Waals surface area contributed by atoms with Gasteiger partial charge in [0.1, 0.15) is 6.61 Å². The zero-order chi connectivity index (χ0) is 25.1. The van der Waals surface area contributed by atoms with Crippen molar-refractivity contribution in [2.75, 3.05) is 7.11 Å². The smallest absolute Gasteiger partial charge is 0.293 e. The number of imide groups is 1. The number of hydrogen-bond donors (Lipinski definition) is 0. The summed E-state index contributed by atoms with van der Waals surface area (Å²) in [6.07, 6.45) is 1.71. The first-order chi connectivity index (χ1) is 17.5.